The number of imidazole rings is 1. The molecule has 2 saturated heterocycles. The highest BCUT2D eigenvalue weighted by Gasteiger charge is 2.30. The Kier molecular flexibility index (Phi) is 6.94. The summed E-state index contributed by atoms with van der Waals surface area (Å²) < 4.78 is 33.5. The summed E-state index contributed by atoms with van der Waals surface area (Å²) in [7, 11) is -3.45. The molecule has 0 N–H and O–H groups in total. The molecule has 0 amide bonds. The highest BCUT2D eigenvalue weighted by Crippen LogP contribution is 2.21. The van der Waals surface area contributed by atoms with Crippen LogP contribution in [0.5, 0.6) is 0 Å². The van der Waals surface area contributed by atoms with Gasteiger partial charge in [0, 0.05) is 45.9 Å². The lowest BCUT2D eigenvalue weighted by molar-refractivity contribution is 0.127. The zero-order valence-electron chi connectivity index (χ0n) is 16.9. The van der Waals surface area contributed by atoms with Gasteiger partial charge in [-0.25, -0.2) is 13.4 Å². The summed E-state index contributed by atoms with van der Waals surface area (Å²) in [4.78, 5) is 9.21. The zero-order chi connectivity index (χ0) is 19.4. The van der Waals surface area contributed by atoms with E-state index in [4.69, 9.17) is 4.74 Å². The van der Waals surface area contributed by atoms with E-state index in [1.165, 1.54) is 0 Å². The first-order valence-corrected chi connectivity index (χ1v) is 11.9. The van der Waals surface area contributed by atoms with Crippen LogP contribution in [0.2, 0.25) is 0 Å². The third-order valence-corrected chi connectivity index (χ3v) is 7.15. The summed E-state index contributed by atoms with van der Waals surface area (Å²) in [6.45, 7) is 13.8. The van der Waals surface area contributed by atoms with Crippen LogP contribution in [0.25, 0.3) is 0 Å². The van der Waals surface area contributed by atoms with Crippen LogP contribution in [0, 0.1) is 5.92 Å². The summed E-state index contributed by atoms with van der Waals surface area (Å²) in [6.07, 6.45) is 3.33. The third kappa shape index (κ3) is 5.31. The first-order valence-electron chi connectivity index (χ1n) is 10.2. The molecular weight excluding hydrogens is 364 g/mol. The van der Waals surface area contributed by atoms with E-state index < -0.39 is 9.84 Å². The minimum Gasteiger partial charge on any atom is -0.377 e. The molecule has 0 spiro atoms. The normalized spacial score (nSPS) is 22.7. The standard InChI is InChI=1S/C19H34N4O3S/c1-4-21-7-9-22(10-8-21)14-17-12-20-19(23(17)13-16(2)3)27(24,25)15-18-6-5-11-26-18/h12,16,18H,4-11,13-15H2,1-3H3/t18-/m1/s1. The van der Waals surface area contributed by atoms with Crippen molar-refractivity contribution in [2.75, 3.05) is 45.1 Å². The monoisotopic (exact) mass is 398 g/mol. The van der Waals surface area contributed by atoms with Gasteiger partial charge in [0.25, 0.3) is 0 Å². The molecule has 3 rings (SSSR count). The molecule has 0 bridgehead atoms. The Labute approximate surface area is 163 Å². The minimum absolute atomic E-state index is 0.0384. The van der Waals surface area contributed by atoms with Crippen molar-refractivity contribution in [3.8, 4) is 0 Å². The molecule has 2 fully saturated rings. The van der Waals surface area contributed by atoms with Gasteiger partial charge in [0.15, 0.2) is 0 Å². The van der Waals surface area contributed by atoms with Crippen LogP contribution >= 0.6 is 0 Å². The van der Waals surface area contributed by atoms with Crippen molar-refractivity contribution in [3.05, 3.63) is 11.9 Å². The molecule has 1 aromatic heterocycles. The Hall–Kier alpha value is -0.960. The van der Waals surface area contributed by atoms with Crippen LogP contribution < -0.4 is 0 Å². The minimum atomic E-state index is -3.45. The van der Waals surface area contributed by atoms with Crippen molar-refractivity contribution in [2.24, 2.45) is 5.92 Å². The number of likely N-dealkylation sites (N-methyl/N-ethyl adjacent to an activating group) is 1. The maximum Gasteiger partial charge on any atom is 0.227 e. The molecule has 8 heteroatoms. The number of rotatable bonds is 8. The van der Waals surface area contributed by atoms with E-state index in [2.05, 4.69) is 35.6 Å². The van der Waals surface area contributed by atoms with Gasteiger partial charge < -0.3 is 14.2 Å². The SMILES string of the molecule is CCN1CCN(Cc2cnc(S(=O)(=O)C[C@H]3CCCO3)n2CC(C)C)CC1. The molecule has 7 nitrogen and oxygen atoms in total. The van der Waals surface area contributed by atoms with E-state index in [-0.39, 0.29) is 17.0 Å². The second kappa shape index (κ2) is 9.03. The number of ether oxygens (including phenoxy) is 1. The van der Waals surface area contributed by atoms with Crippen LogP contribution in [0.4, 0.5) is 0 Å². The van der Waals surface area contributed by atoms with E-state index in [1.54, 1.807) is 6.20 Å². The van der Waals surface area contributed by atoms with E-state index in [0.717, 1.165) is 57.8 Å². The fraction of sp³-hybridized carbons (Fsp3) is 0.842. The Bertz CT molecular complexity index is 703. The first-order chi connectivity index (χ1) is 12.9. The van der Waals surface area contributed by atoms with Crippen molar-refractivity contribution < 1.29 is 13.2 Å². The van der Waals surface area contributed by atoms with Crippen LogP contribution in [-0.2, 0) is 27.7 Å². The largest absolute Gasteiger partial charge is 0.377 e. The molecule has 0 aliphatic carbocycles. The fourth-order valence-electron chi connectivity index (χ4n) is 3.91. The maximum atomic E-state index is 13.0. The van der Waals surface area contributed by atoms with Gasteiger partial charge in [-0.05, 0) is 25.3 Å². The lowest BCUT2D eigenvalue weighted by atomic mass is 10.2. The molecule has 0 saturated carbocycles. The second-order valence-corrected chi connectivity index (χ2v) is 10.1. The van der Waals surface area contributed by atoms with Crippen LogP contribution in [-0.4, -0.2) is 79.0 Å². The summed E-state index contributed by atoms with van der Waals surface area (Å²) in [6, 6.07) is 0. The van der Waals surface area contributed by atoms with Crippen molar-refractivity contribution in [1.82, 2.24) is 19.4 Å². The molecular formula is C19H34N4O3S. The molecule has 1 atom stereocenters. The van der Waals surface area contributed by atoms with Crippen molar-refractivity contribution in [1.29, 1.82) is 0 Å². The zero-order valence-corrected chi connectivity index (χ0v) is 17.7. The Morgan fingerprint density at radius 3 is 2.52 bits per heavy atom. The number of hydrogen-bond acceptors (Lipinski definition) is 6. The number of piperazine rings is 1. The van der Waals surface area contributed by atoms with Crippen molar-refractivity contribution >= 4 is 9.84 Å². The Balaban J connectivity index is 1.76. The number of nitrogens with zero attached hydrogens (tertiary/aromatic N) is 4. The van der Waals surface area contributed by atoms with E-state index >= 15 is 0 Å². The smallest absolute Gasteiger partial charge is 0.227 e. The molecule has 0 unspecified atom stereocenters. The average molecular weight is 399 g/mol. The summed E-state index contributed by atoms with van der Waals surface area (Å²) in [5, 5.41) is 0.217. The fourth-order valence-corrected chi connectivity index (χ4v) is 5.56. The molecule has 3 heterocycles. The molecule has 154 valence electrons. The van der Waals surface area contributed by atoms with Gasteiger partial charge in [0.1, 0.15) is 0 Å². The van der Waals surface area contributed by atoms with Crippen molar-refractivity contribution in [2.45, 2.75) is 58.0 Å². The Morgan fingerprint density at radius 1 is 1.22 bits per heavy atom. The van der Waals surface area contributed by atoms with E-state index in [1.807, 2.05) is 4.57 Å². The number of sulfone groups is 1. The van der Waals surface area contributed by atoms with Crippen LogP contribution in [0.3, 0.4) is 0 Å². The molecule has 27 heavy (non-hydrogen) atoms. The van der Waals surface area contributed by atoms with Gasteiger partial charge in [-0.1, -0.05) is 20.8 Å². The number of hydrogen-bond donors (Lipinski definition) is 0. The van der Waals surface area contributed by atoms with E-state index in [9.17, 15) is 8.42 Å². The topological polar surface area (TPSA) is 67.7 Å². The quantitative estimate of drug-likeness (QED) is 0.663. The van der Waals surface area contributed by atoms with Gasteiger partial charge in [0.2, 0.25) is 15.0 Å². The number of aromatic nitrogens is 2. The van der Waals surface area contributed by atoms with E-state index in [0.29, 0.717) is 19.1 Å². The van der Waals surface area contributed by atoms with Crippen molar-refractivity contribution in [3.63, 3.8) is 0 Å². The molecule has 1 aromatic rings. The van der Waals surface area contributed by atoms with Gasteiger partial charge in [-0.15, -0.1) is 0 Å². The van der Waals surface area contributed by atoms with Gasteiger partial charge in [-0.3, -0.25) is 4.90 Å². The second-order valence-electron chi connectivity index (χ2n) is 8.16. The van der Waals surface area contributed by atoms with Gasteiger partial charge >= 0.3 is 0 Å². The van der Waals surface area contributed by atoms with Crippen LogP contribution in [0.15, 0.2) is 11.4 Å². The highest BCUT2D eigenvalue weighted by atomic mass is 32.2. The first kappa shape index (κ1) is 20.8. The Morgan fingerprint density at radius 2 is 1.93 bits per heavy atom. The predicted octanol–water partition coefficient (Wildman–Crippen LogP) is 1.63. The third-order valence-electron chi connectivity index (χ3n) is 5.45. The molecule has 2 aliphatic heterocycles. The summed E-state index contributed by atoms with van der Waals surface area (Å²) in [5.74, 6) is 0.392. The average Bonchev–Trinajstić information content (AvgIpc) is 3.25. The highest BCUT2D eigenvalue weighted by molar-refractivity contribution is 7.91. The lowest BCUT2D eigenvalue weighted by Crippen LogP contribution is -2.45. The molecule has 0 radical (unpaired) electrons. The lowest BCUT2D eigenvalue weighted by Gasteiger charge is -2.34. The summed E-state index contributed by atoms with van der Waals surface area (Å²) in [5.41, 5.74) is 1.000. The summed E-state index contributed by atoms with van der Waals surface area (Å²) >= 11 is 0. The van der Waals surface area contributed by atoms with Crippen LogP contribution in [0.1, 0.15) is 39.3 Å². The molecule has 2 aliphatic rings. The van der Waals surface area contributed by atoms with Gasteiger partial charge in [0.05, 0.1) is 23.7 Å². The maximum absolute atomic E-state index is 13.0. The van der Waals surface area contributed by atoms with Gasteiger partial charge in [-0.2, -0.15) is 0 Å². The molecule has 0 aromatic carbocycles. The predicted molar refractivity (Wildman–Crippen MR) is 105 cm³/mol.